The van der Waals surface area contributed by atoms with Crippen molar-refractivity contribution < 1.29 is 19.1 Å². The van der Waals surface area contributed by atoms with E-state index in [1.165, 1.54) is 6.07 Å². The number of hydrogen-bond acceptors (Lipinski definition) is 4. The van der Waals surface area contributed by atoms with Gasteiger partial charge < -0.3 is 14.8 Å². The van der Waals surface area contributed by atoms with E-state index in [1.807, 2.05) is 13.2 Å². The Hall–Kier alpha value is -1.43. The maximum atomic E-state index is 11.5. The van der Waals surface area contributed by atoms with E-state index in [-0.39, 0.29) is 11.3 Å². The van der Waals surface area contributed by atoms with Crippen LogP contribution in [0.25, 0.3) is 0 Å². The van der Waals surface area contributed by atoms with Gasteiger partial charge in [-0.15, -0.1) is 0 Å². The Labute approximate surface area is 97.2 Å². The second-order valence-electron chi connectivity index (χ2n) is 3.26. The third-order valence-corrected chi connectivity index (χ3v) is 2.99. The van der Waals surface area contributed by atoms with Crippen LogP contribution in [0.15, 0.2) is 16.7 Å². The van der Waals surface area contributed by atoms with Crippen LogP contribution in [0.3, 0.4) is 0 Å². The average molecular weight is 243 g/mol. The predicted molar refractivity (Wildman–Crippen MR) is 61.0 cm³/mol. The second kappa shape index (κ2) is 5.60. The quantitative estimate of drug-likeness (QED) is 0.818. The van der Waals surface area contributed by atoms with E-state index < -0.39 is 11.9 Å². The summed E-state index contributed by atoms with van der Waals surface area (Å²) in [7, 11) is 0. The standard InChI is InChI=1S/C10H13NO4S/c1-6(16-2)4-11-9(12)8-3-7(5-15-8)10(13)14/h3,5-6H,4H2,1-2H3,(H,11,12)(H,13,14). The molecule has 0 saturated carbocycles. The molecule has 0 aliphatic carbocycles. The summed E-state index contributed by atoms with van der Waals surface area (Å²) in [4.78, 5) is 22.0. The zero-order valence-corrected chi connectivity index (χ0v) is 9.84. The van der Waals surface area contributed by atoms with Crippen LogP contribution in [0, 0.1) is 0 Å². The summed E-state index contributed by atoms with van der Waals surface area (Å²) in [5, 5.41) is 11.6. The lowest BCUT2D eigenvalue weighted by Gasteiger charge is -2.07. The molecule has 1 unspecified atom stereocenters. The van der Waals surface area contributed by atoms with E-state index >= 15 is 0 Å². The van der Waals surface area contributed by atoms with Gasteiger partial charge in [-0.05, 0) is 6.26 Å². The molecule has 1 aromatic rings. The van der Waals surface area contributed by atoms with E-state index in [2.05, 4.69) is 5.32 Å². The maximum absolute atomic E-state index is 11.5. The summed E-state index contributed by atoms with van der Waals surface area (Å²) < 4.78 is 4.85. The van der Waals surface area contributed by atoms with Crippen LogP contribution in [0.5, 0.6) is 0 Å². The minimum absolute atomic E-state index is 0.0192. The summed E-state index contributed by atoms with van der Waals surface area (Å²) in [5.41, 5.74) is -0.0249. The van der Waals surface area contributed by atoms with Gasteiger partial charge in [0.05, 0.1) is 5.56 Å². The van der Waals surface area contributed by atoms with Gasteiger partial charge in [0.15, 0.2) is 5.76 Å². The fourth-order valence-corrected chi connectivity index (χ4v) is 1.22. The number of thioether (sulfide) groups is 1. The van der Waals surface area contributed by atoms with Crippen LogP contribution >= 0.6 is 11.8 Å². The zero-order valence-electron chi connectivity index (χ0n) is 9.02. The van der Waals surface area contributed by atoms with Crippen molar-refractivity contribution in [2.45, 2.75) is 12.2 Å². The van der Waals surface area contributed by atoms with Gasteiger partial charge in [-0.25, -0.2) is 4.79 Å². The number of nitrogens with one attached hydrogen (secondary N) is 1. The van der Waals surface area contributed by atoms with E-state index in [4.69, 9.17) is 9.52 Å². The molecule has 6 heteroatoms. The Morgan fingerprint density at radius 1 is 1.62 bits per heavy atom. The molecule has 2 N–H and O–H groups in total. The van der Waals surface area contributed by atoms with Gasteiger partial charge in [0.2, 0.25) is 0 Å². The molecular weight excluding hydrogens is 230 g/mol. The van der Waals surface area contributed by atoms with Crippen molar-refractivity contribution in [3.05, 3.63) is 23.7 Å². The molecule has 1 amide bonds. The van der Waals surface area contributed by atoms with E-state index in [0.29, 0.717) is 11.8 Å². The molecule has 0 saturated heterocycles. The van der Waals surface area contributed by atoms with Crippen molar-refractivity contribution in [1.82, 2.24) is 5.32 Å². The Kier molecular flexibility index (Phi) is 4.42. The number of amides is 1. The van der Waals surface area contributed by atoms with E-state index in [9.17, 15) is 9.59 Å². The number of aromatic carboxylic acids is 1. The van der Waals surface area contributed by atoms with Crippen molar-refractivity contribution in [3.63, 3.8) is 0 Å². The van der Waals surface area contributed by atoms with Gasteiger partial charge in [-0.2, -0.15) is 11.8 Å². The van der Waals surface area contributed by atoms with Gasteiger partial charge >= 0.3 is 5.97 Å². The Balaban J connectivity index is 2.56. The Bertz CT molecular complexity index is 388. The normalized spacial score (nSPS) is 12.1. The van der Waals surface area contributed by atoms with Crippen molar-refractivity contribution in [2.75, 3.05) is 12.8 Å². The molecule has 0 bridgehead atoms. The third-order valence-electron chi connectivity index (χ3n) is 2.02. The molecule has 0 aromatic carbocycles. The van der Waals surface area contributed by atoms with E-state index in [0.717, 1.165) is 6.26 Å². The molecule has 1 heterocycles. The highest BCUT2D eigenvalue weighted by Crippen LogP contribution is 2.08. The summed E-state index contributed by atoms with van der Waals surface area (Å²) >= 11 is 1.63. The molecule has 0 fully saturated rings. The number of carboxylic acid groups (broad SMARTS) is 1. The molecule has 1 aromatic heterocycles. The second-order valence-corrected chi connectivity index (χ2v) is 4.54. The number of rotatable bonds is 5. The Morgan fingerprint density at radius 2 is 2.31 bits per heavy atom. The number of carbonyl (C=O) groups excluding carboxylic acids is 1. The lowest BCUT2D eigenvalue weighted by molar-refractivity contribution is 0.0696. The lowest BCUT2D eigenvalue weighted by atomic mass is 10.3. The number of carboxylic acids is 1. The van der Waals surface area contributed by atoms with Crippen LogP contribution in [0.2, 0.25) is 0 Å². The predicted octanol–water partition coefficient (Wildman–Crippen LogP) is 1.46. The highest BCUT2D eigenvalue weighted by Gasteiger charge is 2.14. The molecule has 5 nitrogen and oxygen atoms in total. The van der Waals surface area contributed by atoms with Gasteiger partial charge in [-0.1, -0.05) is 6.92 Å². The summed E-state index contributed by atoms with van der Waals surface area (Å²) in [6.07, 6.45) is 3.00. The molecular formula is C10H13NO4S. The lowest BCUT2D eigenvalue weighted by Crippen LogP contribution is -2.28. The largest absolute Gasteiger partial charge is 0.478 e. The van der Waals surface area contributed by atoms with E-state index in [1.54, 1.807) is 11.8 Å². The van der Waals surface area contributed by atoms with Crippen molar-refractivity contribution in [1.29, 1.82) is 0 Å². The van der Waals surface area contributed by atoms with Gasteiger partial charge in [-0.3, -0.25) is 4.79 Å². The third kappa shape index (κ3) is 3.30. The first-order valence-electron chi connectivity index (χ1n) is 4.67. The molecule has 0 aliphatic heterocycles. The first kappa shape index (κ1) is 12.6. The monoisotopic (exact) mass is 243 g/mol. The first-order chi connectivity index (χ1) is 7.54. The SMILES string of the molecule is CSC(C)CNC(=O)c1cc(C(=O)O)co1. The minimum atomic E-state index is -1.11. The summed E-state index contributed by atoms with van der Waals surface area (Å²) in [5.74, 6) is -1.49. The van der Waals surface area contributed by atoms with Crippen molar-refractivity contribution >= 4 is 23.6 Å². The van der Waals surface area contributed by atoms with Crippen LogP contribution < -0.4 is 5.32 Å². The average Bonchev–Trinajstić information content (AvgIpc) is 2.74. The van der Waals surface area contributed by atoms with Crippen LogP contribution in [0.1, 0.15) is 27.8 Å². The Morgan fingerprint density at radius 3 is 2.81 bits per heavy atom. The summed E-state index contributed by atoms with van der Waals surface area (Å²) in [6.45, 7) is 2.50. The number of carbonyl (C=O) groups is 2. The zero-order chi connectivity index (χ0) is 12.1. The first-order valence-corrected chi connectivity index (χ1v) is 5.96. The molecule has 88 valence electrons. The fourth-order valence-electron chi connectivity index (χ4n) is 0.974. The number of hydrogen-bond donors (Lipinski definition) is 2. The molecule has 0 aliphatic rings. The molecule has 0 radical (unpaired) electrons. The van der Waals surface area contributed by atoms with Crippen LogP contribution in [-0.2, 0) is 0 Å². The smallest absolute Gasteiger partial charge is 0.338 e. The molecule has 1 atom stereocenters. The van der Waals surface area contributed by atoms with Crippen molar-refractivity contribution in [2.24, 2.45) is 0 Å². The molecule has 16 heavy (non-hydrogen) atoms. The maximum Gasteiger partial charge on any atom is 0.338 e. The minimum Gasteiger partial charge on any atom is -0.478 e. The number of furan rings is 1. The summed E-state index contributed by atoms with van der Waals surface area (Å²) in [6, 6.07) is 1.21. The van der Waals surface area contributed by atoms with Gasteiger partial charge in [0, 0.05) is 17.9 Å². The highest BCUT2D eigenvalue weighted by atomic mass is 32.2. The van der Waals surface area contributed by atoms with Crippen molar-refractivity contribution in [3.8, 4) is 0 Å². The van der Waals surface area contributed by atoms with Gasteiger partial charge in [0.25, 0.3) is 5.91 Å². The molecule has 1 rings (SSSR count). The topological polar surface area (TPSA) is 79.5 Å². The van der Waals surface area contributed by atoms with Gasteiger partial charge in [0.1, 0.15) is 6.26 Å². The molecule has 0 spiro atoms. The fraction of sp³-hybridized carbons (Fsp3) is 0.400. The highest BCUT2D eigenvalue weighted by molar-refractivity contribution is 7.99. The van der Waals surface area contributed by atoms with Crippen LogP contribution in [0.4, 0.5) is 0 Å². The van der Waals surface area contributed by atoms with Crippen LogP contribution in [-0.4, -0.2) is 35.0 Å².